The normalized spacial score (nSPS) is 11.1. The Morgan fingerprint density at radius 3 is 2.51 bits per heavy atom. The number of esters is 1. The predicted octanol–water partition coefficient (Wildman–Crippen LogP) is 2.29. The van der Waals surface area contributed by atoms with Crippen LogP contribution in [0.1, 0.15) is 26.7 Å². The van der Waals surface area contributed by atoms with Crippen molar-refractivity contribution in [2.24, 2.45) is 5.92 Å². The molecule has 186 valence electrons. The van der Waals surface area contributed by atoms with Crippen LogP contribution >= 0.6 is 0 Å². The molecule has 35 heavy (non-hydrogen) atoms. The molecule has 1 heterocycles. The molecule has 0 saturated heterocycles. The molecule has 1 amide bonds. The molecule has 0 aliphatic carbocycles. The van der Waals surface area contributed by atoms with E-state index in [1.165, 1.54) is 11.7 Å². The summed E-state index contributed by atoms with van der Waals surface area (Å²) in [5.41, 5.74) is 4.60. The monoisotopic (exact) mass is 482 g/mol. The van der Waals surface area contributed by atoms with E-state index in [4.69, 9.17) is 15.2 Å². The highest BCUT2D eigenvalue weighted by molar-refractivity contribution is 5.97. The summed E-state index contributed by atoms with van der Waals surface area (Å²) < 4.78 is 11.8. The lowest BCUT2D eigenvalue weighted by atomic mass is 10.1. The summed E-state index contributed by atoms with van der Waals surface area (Å²) in [7, 11) is 1.46. The van der Waals surface area contributed by atoms with Crippen LogP contribution in [0.4, 0.5) is 11.5 Å². The Labute approximate surface area is 202 Å². The van der Waals surface area contributed by atoms with E-state index in [1.807, 2.05) is 44.2 Å². The Hall–Kier alpha value is -3.92. The Kier molecular flexibility index (Phi) is 8.43. The number of ether oxygens (including phenoxy) is 2. The Balaban J connectivity index is 1.80. The van der Waals surface area contributed by atoms with Gasteiger partial charge in [0, 0.05) is 32.0 Å². The zero-order valence-electron chi connectivity index (χ0n) is 20.1. The molecule has 0 aliphatic heterocycles. The first-order valence-electron chi connectivity index (χ1n) is 11.3. The van der Waals surface area contributed by atoms with E-state index in [2.05, 4.69) is 4.98 Å². The van der Waals surface area contributed by atoms with Gasteiger partial charge >= 0.3 is 11.7 Å². The second-order valence-corrected chi connectivity index (χ2v) is 8.49. The number of amides is 1. The molecule has 0 radical (unpaired) electrons. The lowest BCUT2D eigenvalue weighted by Crippen LogP contribution is -2.43. The third kappa shape index (κ3) is 6.15. The molecule has 2 aromatic carbocycles. The number of nitrogens with one attached hydrogen (secondary N) is 1. The van der Waals surface area contributed by atoms with Gasteiger partial charge in [-0.25, -0.2) is 4.79 Å². The van der Waals surface area contributed by atoms with Crippen molar-refractivity contribution in [3.63, 3.8) is 0 Å². The van der Waals surface area contributed by atoms with E-state index < -0.39 is 23.1 Å². The van der Waals surface area contributed by atoms with Crippen molar-refractivity contribution in [1.29, 1.82) is 0 Å². The highest BCUT2D eigenvalue weighted by Gasteiger charge is 2.25. The number of anilines is 2. The zero-order chi connectivity index (χ0) is 25.5. The van der Waals surface area contributed by atoms with Crippen LogP contribution in [0.5, 0.6) is 5.75 Å². The van der Waals surface area contributed by atoms with Crippen LogP contribution in [0.3, 0.4) is 0 Å². The number of hydrogen-bond acceptors (Lipinski definition) is 7. The fraction of sp³-hybridized carbons (Fsp3) is 0.360. The summed E-state index contributed by atoms with van der Waals surface area (Å²) in [6.07, 6.45) is -0.440. The number of nitrogen functional groups attached to an aromatic ring is 1. The molecule has 10 nitrogen and oxygen atoms in total. The Morgan fingerprint density at radius 2 is 1.80 bits per heavy atom. The maximum absolute atomic E-state index is 13.1. The van der Waals surface area contributed by atoms with E-state index in [1.54, 1.807) is 12.1 Å². The lowest BCUT2D eigenvalue weighted by molar-refractivity contribution is -0.136. The van der Waals surface area contributed by atoms with Crippen molar-refractivity contribution in [1.82, 2.24) is 9.55 Å². The largest absolute Gasteiger partial charge is 0.426 e. The van der Waals surface area contributed by atoms with Crippen LogP contribution in [0.2, 0.25) is 0 Å². The van der Waals surface area contributed by atoms with Gasteiger partial charge in [-0.3, -0.25) is 23.9 Å². The molecule has 0 spiro atoms. The minimum Gasteiger partial charge on any atom is -0.426 e. The molecule has 0 saturated carbocycles. The Morgan fingerprint density at radius 1 is 1.09 bits per heavy atom. The molecule has 0 atom stereocenters. The van der Waals surface area contributed by atoms with Crippen LogP contribution < -0.4 is 26.6 Å². The highest BCUT2D eigenvalue weighted by atomic mass is 16.5. The molecular formula is C25H30N4O6. The molecule has 0 fully saturated rings. The molecular weight excluding hydrogens is 452 g/mol. The van der Waals surface area contributed by atoms with Gasteiger partial charge in [0.2, 0.25) is 5.91 Å². The summed E-state index contributed by atoms with van der Waals surface area (Å²) in [5.74, 6) is -0.758. The minimum absolute atomic E-state index is 0.0147. The quantitative estimate of drug-likeness (QED) is 0.334. The smallest absolute Gasteiger partial charge is 0.330 e. The van der Waals surface area contributed by atoms with Gasteiger partial charge in [-0.2, -0.15) is 0 Å². The van der Waals surface area contributed by atoms with Gasteiger partial charge in [0.25, 0.3) is 5.56 Å². The fourth-order valence-electron chi connectivity index (χ4n) is 3.73. The number of carbonyl (C=O) groups excluding carboxylic acids is 2. The fourth-order valence-corrected chi connectivity index (χ4v) is 3.73. The molecule has 10 heteroatoms. The number of aromatic amines is 1. The zero-order valence-corrected chi connectivity index (χ0v) is 20.1. The van der Waals surface area contributed by atoms with E-state index in [9.17, 15) is 19.2 Å². The number of rotatable bonds is 10. The average Bonchev–Trinajstić information content (AvgIpc) is 2.82. The molecule has 3 rings (SSSR count). The van der Waals surface area contributed by atoms with Crippen molar-refractivity contribution < 1.29 is 19.1 Å². The third-order valence-corrected chi connectivity index (χ3v) is 5.37. The number of nitrogens with two attached hydrogens (primary N) is 1. The second-order valence-electron chi connectivity index (χ2n) is 8.49. The first-order valence-corrected chi connectivity index (χ1v) is 11.3. The molecule has 0 unspecified atom stereocenters. The van der Waals surface area contributed by atoms with Gasteiger partial charge in [-0.1, -0.05) is 50.2 Å². The number of aromatic nitrogens is 2. The summed E-state index contributed by atoms with van der Waals surface area (Å²) in [6.45, 7) is 4.19. The summed E-state index contributed by atoms with van der Waals surface area (Å²) in [6, 6.07) is 12.9. The number of nitrogens with zero attached hydrogens (tertiary/aromatic N) is 2. The molecule has 3 N–H and O–H groups in total. The van der Waals surface area contributed by atoms with Gasteiger partial charge in [0.1, 0.15) is 11.6 Å². The van der Waals surface area contributed by atoms with Crippen molar-refractivity contribution in [2.45, 2.75) is 33.2 Å². The van der Waals surface area contributed by atoms with Crippen molar-refractivity contribution in [2.75, 3.05) is 30.9 Å². The van der Waals surface area contributed by atoms with Crippen molar-refractivity contribution >= 4 is 34.2 Å². The average molecular weight is 483 g/mol. The van der Waals surface area contributed by atoms with Gasteiger partial charge < -0.3 is 20.1 Å². The van der Waals surface area contributed by atoms with Crippen LogP contribution in [-0.4, -0.2) is 41.7 Å². The Bertz CT molecular complexity index is 1320. The van der Waals surface area contributed by atoms with E-state index in [-0.39, 0.29) is 50.0 Å². The van der Waals surface area contributed by atoms with Gasteiger partial charge in [-0.05, 0) is 17.4 Å². The first kappa shape index (κ1) is 25.7. The van der Waals surface area contributed by atoms with Crippen LogP contribution in [0.15, 0.2) is 52.1 Å². The second kappa shape index (κ2) is 11.5. The number of methoxy groups -OCH3 is 1. The first-order chi connectivity index (χ1) is 16.7. The summed E-state index contributed by atoms with van der Waals surface area (Å²) >= 11 is 0. The van der Waals surface area contributed by atoms with E-state index in [0.717, 1.165) is 15.7 Å². The van der Waals surface area contributed by atoms with Gasteiger partial charge in [-0.15, -0.1) is 0 Å². The molecule has 0 aliphatic rings. The summed E-state index contributed by atoms with van der Waals surface area (Å²) in [4.78, 5) is 53.9. The molecule has 1 aromatic heterocycles. The number of hydrogen-bond donors (Lipinski definition) is 2. The maximum atomic E-state index is 13.1. The molecule has 0 bridgehead atoms. The van der Waals surface area contributed by atoms with Crippen LogP contribution in [0, 0.1) is 5.92 Å². The number of fused-ring (bicyclic) bond motifs is 1. The van der Waals surface area contributed by atoms with Gasteiger partial charge in [0.15, 0.2) is 5.69 Å². The molecule has 3 aromatic rings. The number of benzene rings is 2. The SMILES string of the molecule is COCCN(C(=O)CCC(=O)Oc1cccc2ccccc12)c1c(N)n(CC(C)C)c(=O)[nH]c1=O. The maximum Gasteiger partial charge on any atom is 0.330 e. The van der Waals surface area contributed by atoms with E-state index in [0.29, 0.717) is 5.75 Å². The lowest BCUT2D eigenvalue weighted by Gasteiger charge is -2.24. The van der Waals surface area contributed by atoms with Crippen molar-refractivity contribution in [3.05, 3.63) is 63.3 Å². The van der Waals surface area contributed by atoms with E-state index >= 15 is 0 Å². The number of carbonyl (C=O) groups is 2. The standard InChI is InChI=1S/C25H30N4O6/c1-16(2)15-29-23(26)22(24(32)27-25(29)33)28(13-14-34-3)20(30)11-12-21(31)35-19-10-6-8-17-7-4-5-9-18(17)19/h4-10,16H,11-15,26H2,1-3H3,(H,27,32,33). The van der Waals surface area contributed by atoms with Crippen LogP contribution in [0.25, 0.3) is 10.8 Å². The predicted molar refractivity (Wildman–Crippen MR) is 134 cm³/mol. The highest BCUT2D eigenvalue weighted by Crippen LogP contribution is 2.26. The third-order valence-electron chi connectivity index (χ3n) is 5.37. The topological polar surface area (TPSA) is 137 Å². The summed E-state index contributed by atoms with van der Waals surface area (Å²) in [5, 5.41) is 1.70. The van der Waals surface area contributed by atoms with Crippen LogP contribution in [-0.2, 0) is 20.9 Å². The van der Waals surface area contributed by atoms with Crippen molar-refractivity contribution in [3.8, 4) is 5.75 Å². The minimum atomic E-state index is -0.782. The van der Waals surface area contributed by atoms with Gasteiger partial charge in [0.05, 0.1) is 13.0 Å². The number of H-pyrrole nitrogens is 1.